The molecule has 0 unspecified atom stereocenters. The standard InChI is InChI=1S/C13H15N3O/c1-3-9-8-14-6-5-11(9)13-15-10(4-2)7-12(17)16-13/h5-8H,3-4H2,1-2H3,(H,15,16,17). The van der Waals surface area contributed by atoms with E-state index in [1.54, 1.807) is 6.20 Å². The van der Waals surface area contributed by atoms with E-state index in [0.29, 0.717) is 5.82 Å². The number of nitrogens with one attached hydrogen (secondary N) is 1. The van der Waals surface area contributed by atoms with E-state index in [1.807, 2.05) is 19.2 Å². The van der Waals surface area contributed by atoms with Crippen molar-refractivity contribution in [3.63, 3.8) is 0 Å². The largest absolute Gasteiger partial charge is 0.307 e. The number of pyridine rings is 1. The average Bonchev–Trinajstić information content (AvgIpc) is 2.37. The lowest BCUT2D eigenvalue weighted by Crippen LogP contribution is -2.10. The SMILES string of the molecule is CCc1cc(=O)[nH]c(-c2ccncc2CC)n1. The summed E-state index contributed by atoms with van der Waals surface area (Å²) in [6, 6.07) is 3.42. The van der Waals surface area contributed by atoms with Crippen LogP contribution in [0.5, 0.6) is 0 Å². The maximum Gasteiger partial charge on any atom is 0.251 e. The van der Waals surface area contributed by atoms with Gasteiger partial charge in [-0.25, -0.2) is 4.98 Å². The van der Waals surface area contributed by atoms with Gasteiger partial charge in [-0.2, -0.15) is 0 Å². The maximum absolute atomic E-state index is 11.5. The summed E-state index contributed by atoms with van der Waals surface area (Å²) < 4.78 is 0. The van der Waals surface area contributed by atoms with Gasteiger partial charge in [0.25, 0.3) is 5.56 Å². The number of aryl methyl sites for hydroxylation is 2. The van der Waals surface area contributed by atoms with Gasteiger partial charge in [-0.05, 0) is 24.5 Å². The van der Waals surface area contributed by atoms with Gasteiger partial charge in [-0.3, -0.25) is 9.78 Å². The number of hydrogen-bond acceptors (Lipinski definition) is 3. The van der Waals surface area contributed by atoms with Gasteiger partial charge in [0.1, 0.15) is 5.82 Å². The Labute approximate surface area is 99.8 Å². The predicted molar refractivity (Wildman–Crippen MR) is 66.8 cm³/mol. The van der Waals surface area contributed by atoms with Crippen molar-refractivity contribution in [2.75, 3.05) is 0 Å². The zero-order valence-corrected chi connectivity index (χ0v) is 10.0. The first-order valence-electron chi connectivity index (χ1n) is 5.78. The highest BCUT2D eigenvalue weighted by Gasteiger charge is 2.07. The molecule has 4 heteroatoms. The van der Waals surface area contributed by atoms with Crippen LogP contribution < -0.4 is 5.56 Å². The molecule has 2 aromatic heterocycles. The number of rotatable bonds is 3. The van der Waals surface area contributed by atoms with Crippen LogP contribution in [0.3, 0.4) is 0 Å². The predicted octanol–water partition coefficient (Wildman–Crippen LogP) is 1.96. The summed E-state index contributed by atoms with van der Waals surface area (Å²) >= 11 is 0. The molecule has 0 aromatic carbocycles. The molecule has 0 saturated heterocycles. The molecule has 88 valence electrons. The molecule has 0 fully saturated rings. The number of aromatic nitrogens is 3. The van der Waals surface area contributed by atoms with Gasteiger partial charge in [0.15, 0.2) is 0 Å². The van der Waals surface area contributed by atoms with E-state index in [1.165, 1.54) is 6.07 Å². The van der Waals surface area contributed by atoms with Crippen molar-refractivity contribution in [2.24, 2.45) is 0 Å². The minimum absolute atomic E-state index is 0.106. The van der Waals surface area contributed by atoms with Gasteiger partial charge in [0, 0.05) is 29.7 Å². The van der Waals surface area contributed by atoms with Crippen molar-refractivity contribution in [1.82, 2.24) is 15.0 Å². The Morgan fingerprint density at radius 2 is 2.12 bits per heavy atom. The molecule has 0 aliphatic carbocycles. The molecule has 0 spiro atoms. The topological polar surface area (TPSA) is 58.6 Å². The lowest BCUT2D eigenvalue weighted by Gasteiger charge is -2.07. The van der Waals surface area contributed by atoms with Crippen LogP contribution in [0, 0.1) is 0 Å². The number of H-pyrrole nitrogens is 1. The van der Waals surface area contributed by atoms with Gasteiger partial charge in [0.2, 0.25) is 0 Å². The van der Waals surface area contributed by atoms with Gasteiger partial charge in [0.05, 0.1) is 0 Å². The van der Waals surface area contributed by atoms with Crippen LogP contribution in [-0.2, 0) is 12.8 Å². The molecule has 2 heterocycles. The van der Waals surface area contributed by atoms with E-state index in [0.717, 1.165) is 29.7 Å². The van der Waals surface area contributed by atoms with Crippen LogP contribution in [0.15, 0.2) is 29.3 Å². The fourth-order valence-electron chi connectivity index (χ4n) is 1.76. The Morgan fingerprint density at radius 1 is 1.29 bits per heavy atom. The summed E-state index contributed by atoms with van der Waals surface area (Å²) in [7, 11) is 0. The van der Waals surface area contributed by atoms with E-state index in [-0.39, 0.29) is 5.56 Å². The first-order valence-corrected chi connectivity index (χ1v) is 5.78. The second-order valence-electron chi connectivity index (χ2n) is 3.83. The Kier molecular flexibility index (Phi) is 3.32. The highest BCUT2D eigenvalue weighted by Crippen LogP contribution is 2.18. The fourth-order valence-corrected chi connectivity index (χ4v) is 1.76. The molecule has 2 rings (SSSR count). The van der Waals surface area contributed by atoms with Crippen LogP contribution in [-0.4, -0.2) is 15.0 Å². The minimum Gasteiger partial charge on any atom is -0.307 e. The summed E-state index contributed by atoms with van der Waals surface area (Å²) in [5.74, 6) is 0.633. The molecule has 17 heavy (non-hydrogen) atoms. The van der Waals surface area contributed by atoms with Crippen molar-refractivity contribution in [2.45, 2.75) is 26.7 Å². The molecule has 2 aromatic rings. The third kappa shape index (κ3) is 2.41. The molecule has 0 amide bonds. The van der Waals surface area contributed by atoms with Crippen LogP contribution >= 0.6 is 0 Å². The Morgan fingerprint density at radius 3 is 2.82 bits per heavy atom. The molecule has 0 aliphatic heterocycles. The molecule has 4 nitrogen and oxygen atoms in total. The second-order valence-corrected chi connectivity index (χ2v) is 3.83. The molecular weight excluding hydrogens is 214 g/mol. The quantitative estimate of drug-likeness (QED) is 0.875. The smallest absolute Gasteiger partial charge is 0.251 e. The zero-order chi connectivity index (χ0) is 12.3. The summed E-state index contributed by atoms with van der Waals surface area (Å²) in [6.45, 7) is 4.04. The highest BCUT2D eigenvalue weighted by molar-refractivity contribution is 5.59. The molecule has 0 bridgehead atoms. The Bertz CT molecular complexity index is 575. The zero-order valence-electron chi connectivity index (χ0n) is 10.0. The van der Waals surface area contributed by atoms with Gasteiger partial charge < -0.3 is 4.98 Å². The van der Waals surface area contributed by atoms with Gasteiger partial charge >= 0.3 is 0 Å². The normalized spacial score (nSPS) is 10.5. The van der Waals surface area contributed by atoms with E-state index in [9.17, 15) is 4.79 Å². The summed E-state index contributed by atoms with van der Waals surface area (Å²) in [5, 5.41) is 0. The number of aromatic amines is 1. The minimum atomic E-state index is -0.106. The van der Waals surface area contributed by atoms with Crippen LogP contribution in [0.2, 0.25) is 0 Å². The first-order chi connectivity index (χ1) is 8.24. The van der Waals surface area contributed by atoms with Crippen molar-refractivity contribution in [1.29, 1.82) is 0 Å². The third-order valence-electron chi connectivity index (χ3n) is 2.70. The van der Waals surface area contributed by atoms with E-state index in [2.05, 4.69) is 21.9 Å². The lowest BCUT2D eigenvalue weighted by molar-refractivity contribution is 0.979. The molecule has 0 radical (unpaired) electrons. The van der Waals surface area contributed by atoms with Crippen LogP contribution in [0.4, 0.5) is 0 Å². The lowest BCUT2D eigenvalue weighted by atomic mass is 10.1. The van der Waals surface area contributed by atoms with E-state index in [4.69, 9.17) is 0 Å². The van der Waals surface area contributed by atoms with Crippen molar-refractivity contribution < 1.29 is 0 Å². The van der Waals surface area contributed by atoms with Gasteiger partial charge in [-0.15, -0.1) is 0 Å². The summed E-state index contributed by atoms with van der Waals surface area (Å²) in [5.41, 5.74) is 2.74. The average molecular weight is 229 g/mol. The first kappa shape index (κ1) is 11.5. The maximum atomic E-state index is 11.5. The van der Waals surface area contributed by atoms with Crippen molar-refractivity contribution in [3.8, 4) is 11.4 Å². The summed E-state index contributed by atoms with van der Waals surface area (Å²) in [6.07, 6.45) is 5.15. The molecule has 0 atom stereocenters. The Balaban J connectivity index is 2.59. The van der Waals surface area contributed by atoms with Crippen LogP contribution in [0.25, 0.3) is 11.4 Å². The molecule has 0 saturated carbocycles. The molecule has 0 aliphatic rings. The second kappa shape index (κ2) is 4.91. The van der Waals surface area contributed by atoms with E-state index >= 15 is 0 Å². The monoisotopic (exact) mass is 229 g/mol. The number of nitrogens with zero attached hydrogens (tertiary/aromatic N) is 2. The highest BCUT2D eigenvalue weighted by atomic mass is 16.1. The van der Waals surface area contributed by atoms with Crippen molar-refractivity contribution >= 4 is 0 Å². The van der Waals surface area contributed by atoms with E-state index < -0.39 is 0 Å². The van der Waals surface area contributed by atoms with Crippen LogP contribution in [0.1, 0.15) is 25.1 Å². The summed E-state index contributed by atoms with van der Waals surface area (Å²) in [4.78, 5) is 22.8. The Hall–Kier alpha value is -1.97. The number of hydrogen-bond donors (Lipinski definition) is 1. The molecule has 1 N–H and O–H groups in total. The fraction of sp³-hybridized carbons (Fsp3) is 0.308. The van der Waals surface area contributed by atoms with Crippen molar-refractivity contribution in [3.05, 3.63) is 46.1 Å². The van der Waals surface area contributed by atoms with Gasteiger partial charge in [-0.1, -0.05) is 13.8 Å². The molecular formula is C13H15N3O. The third-order valence-corrected chi connectivity index (χ3v) is 2.70.